The third-order valence-corrected chi connectivity index (χ3v) is 3.67. The summed E-state index contributed by atoms with van der Waals surface area (Å²) in [5, 5.41) is 9.68. The normalized spacial score (nSPS) is 15.0. The molecule has 1 rings (SSSR count). The highest BCUT2D eigenvalue weighted by Crippen LogP contribution is 2.36. The molecule has 0 saturated carbocycles. The van der Waals surface area contributed by atoms with E-state index in [2.05, 4.69) is 0 Å². The lowest BCUT2D eigenvalue weighted by atomic mass is 9.73. The van der Waals surface area contributed by atoms with E-state index in [9.17, 15) is 19.1 Å². The number of esters is 1. The van der Waals surface area contributed by atoms with Gasteiger partial charge in [-0.1, -0.05) is 38.5 Å². The zero-order valence-electron chi connectivity index (χ0n) is 12.6. The Bertz CT molecular complexity index is 515. The summed E-state index contributed by atoms with van der Waals surface area (Å²) in [5.41, 5.74) is -2.15. The topological polar surface area (TPSA) is 63.6 Å². The molecule has 0 aliphatic heterocycles. The molecular formula is C16H21FO4. The van der Waals surface area contributed by atoms with Crippen molar-refractivity contribution in [3.63, 3.8) is 0 Å². The van der Waals surface area contributed by atoms with Gasteiger partial charge in [0, 0.05) is 5.56 Å². The van der Waals surface area contributed by atoms with Crippen LogP contribution in [0.3, 0.4) is 0 Å². The lowest BCUT2D eigenvalue weighted by molar-refractivity contribution is -0.162. The van der Waals surface area contributed by atoms with Crippen LogP contribution < -0.4 is 0 Å². The number of aliphatic carboxylic acids is 1. The maximum Gasteiger partial charge on any atom is 0.328 e. The molecular weight excluding hydrogens is 275 g/mol. The maximum absolute atomic E-state index is 14.1. The smallest absolute Gasteiger partial charge is 0.328 e. The summed E-state index contributed by atoms with van der Waals surface area (Å²) in [7, 11) is 0. The van der Waals surface area contributed by atoms with Gasteiger partial charge in [0.25, 0.3) is 0 Å². The predicted molar refractivity (Wildman–Crippen MR) is 76.4 cm³/mol. The first-order valence-corrected chi connectivity index (χ1v) is 7.05. The Labute approximate surface area is 123 Å². The fourth-order valence-electron chi connectivity index (χ4n) is 2.32. The molecule has 0 fully saturated rings. The Kier molecular flexibility index (Phi) is 5.88. The third-order valence-electron chi connectivity index (χ3n) is 3.67. The van der Waals surface area contributed by atoms with Gasteiger partial charge in [-0.05, 0) is 25.3 Å². The number of benzene rings is 1. The fraction of sp³-hybridized carbons (Fsp3) is 0.500. The van der Waals surface area contributed by atoms with Crippen LogP contribution in [0.25, 0.3) is 0 Å². The van der Waals surface area contributed by atoms with Crippen LogP contribution in [0.4, 0.5) is 4.39 Å². The minimum absolute atomic E-state index is 0.00139. The number of carboxylic acid groups (broad SMARTS) is 1. The second kappa shape index (κ2) is 7.20. The standard InChI is InChI=1S/C16H21FO4/c1-4-11(3)10-16(14(18)19,15(20)21-5-2)12-8-6-7-9-13(12)17/h6-9,11H,4-5,10H2,1-3H3,(H,18,19). The Morgan fingerprint density at radius 2 is 1.95 bits per heavy atom. The molecule has 0 saturated heterocycles. The van der Waals surface area contributed by atoms with E-state index in [-0.39, 0.29) is 24.5 Å². The summed E-state index contributed by atoms with van der Waals surface area (Å²) in [6, 6.07) is 5.47. The summed E-state index contributed by atoms with van der Waals surface area (Å²) in [6.07, 6.45) is 0.682. The average molecular weight is 296 g/mol. The van der Waals surface area contributed by atoms with E-state index in [0.29, 0.717) is 6.42 Å². The summed E-state index contributed by atoms with van der Waals surface area (Å²) in [5.74, 6) is -3.07. The van der Waals surface area contributed by atoms with Gasteiger partial charge in [-0.2, -0.15) is 0 Å². The molecule has 0 spiro atoms. The molecule has 0 bridgehead atoms. The van der Waals surface area contributed by atoms with Crippen LogP contribution in [-0.2, 0) is 19.7 Å². The zero-order valence-corrected chi connectivity index (χ0v) is 12.6. The van der Waals surface area contributed by atoms with Crippen molar-refractivity contribution in [2.75, 3.05) is 6.61 Å². The Morgan fingerprint density at radius 1 is 1.33 bits per heavy atom. The van der Waals surface area contributed by atoms with E-state index in [1.54, 1.807) is 6.92 Å². The molecule has 0 heterocycles. The first kappa shape index (κ1) is 17.1. The van der Waals surface area contributed by atoms with E-state index >= 15 is 0 Å². The quantitative estimate of drug-likeness (QED) is 0.620. The van der Waals surface area contributed by atoms with Crippen molar-refractivity contribution in [2.45, 2.75) is 39.0 Å². The van der Waals surface area contributed by atoms with Gasteiger partial charge in [0.15, 0.2) is 5.41 Å². The Balaban J connectivity index is 3.48. The largest absolute Gasteiger partial charge is 0.480 e. The van der Waals surface area contributed by atoms with Gasteiger partial charge in [-0.3, -0.25) is 9.59 Å². The molecule has 2 atom stereocenters. The average Bonchev–Trinajstić information content (AvgIpc) is 2.45. The van der Waals surface area contributed by atoms with Crippen LogP contribution in [0.2, 0.25) is 0 Å². The van der Waals surface area contributed by atoms with Crippen LogP contribution >= 0.6 is 0 Å². The lowest BCUT2D eigenvalue weighted by Crippen LogP contribution is -2.47. The van der Waals surface area contributed by atoms with Crippen molar-refractivity contribution in [3.05, 3.63) is 35.6 Å². The second-order valence-electron chi connectivity index (χ2n) is 5.13. The molecule has 0 aliphatic rings. The zero-order chi connectivity index (χ0) is 16.0. The number of carbonyl (C=O) groups is 2. The molecule has 2 unspecified atom stereocenters. The highest BCUT2D eigenvalue weighted by molar-refractivity contribution is 6.05. The number of rotatable bonds is 7. The highest BCUT2D eigenvalue weighted by atomic mass is 19.1. The van der Waals surface area contributed by atoms with E-state index in [0.717, 1.165) is 6.07 Å². The van der Waals surface area contributed by atoms with Gasteiger partial charge in [0.05, 0.1) is 6.61 Å². The van der Waals surface area contributed by atoms with Crippen molar-refractivity contribution < 1.29 is 23.8 Å². The molecule has 1 aromatic rings. The van der Waals surface area contributed by atoms with Crippen LogP contribution in [0.5, 0.6) is 0 Å². The molecule has 1 aromatic carbocycles. The number of halogens is 1. The van der Waals surface area contributed by atoms with Crippen molar-refractivity contribution in [2.24, 2.45) is 5.92 Å². The van der Waals surface area contributed by atoms with E-state index in [1.807, 2.05) is 13.8 Å². The molecule has 116 valence electrons. The minimum atomic E-state index is -2.00. The number of hydrogen-bond acceptors (Lipinski definition) is 3. The summed E-state index contributed by atoms with van der Waals surface area (Å²) < 4.78 is 19.1. The van der Waals surface area contributed by atoms with Crippen LogP contribution in [0.15, 0.2) is 24.3 Å². The Hall–Kier alpha value is -1.91. The predicted octanol–water partition coefficient (Wildman–Crippen LogP) is 3.15. The maximum atomic E-state index is 14.1. The van der Waals surface area contributed by atoms with Gasteiger partial charge in [0.2, 0.25) is 0 Å². The monoisotopic (exact) mass is 296 g/mol. The number of ether oxygens (including phenoxy) is 1. The number of hydrogen-bond donors (Lipinski definition) is 1. The van der Waals surface area contributed by atoms with Gasteiger partial charge < -0.3 is 9.84 Å². The summed E-state index contributed by atoms with van der Waals surface area (Å²) in [6.45, 7) is 5.36. The van der Waals surface area contributed by atoms with Crippen LogP contribution in [-0.4, -0.2) is 23.7 Å². The molecule has 4 nitrogen and oxygen atoms in total. The van der Waals surface area contributed by atoms with Crippen molar-refractivity contribution >= 4 is 11.9 Å². The molecule has 5 heteroatoms. The molecule has 21 heavy (non-hydrogen) atoms. The second-order valence-corrected chi connectivity index (χ2v) is 5.13. The molecule has 0 aliphatic carbocycles. The van der Waals surface area contributed by atoms with E-state index in [4.69, 9.17) is 4.74 Å². The summed E-state index contributed by atoms with van der Waals surface area (Å²) >= 11 is 0. The summed E-state index contributed by atoms with van der Waals surface area (Å²) in [4.78, 5) is 24.2. The van der Waals surface area contributed by atoms with Gasteiger partial charge in [0.1, 0.15) is 5.82 Å². The van der Waals surface area contributed by atoms with E-state index < -0.39 is 23.2 Å². The SMILES string of the molecule is CCOC(=O)C(CC(C)CC)(C(=O)O)c1ccccc1F. The highest BCUT2D eigenvalue weighted by Gasteiger charge is 2.51. The van der Waals surface area contributed by atoms with Crippen molar-refractivity contribution in [3.8, 4) is 0 Å². The minimum Gasteiger partial charge on any atom is -0.480 e. The van der Waals surface area contributed by atoms with Gasteiger partial charge in [-0.25, -0.2) is 4.39 Å². The Morgan fingerprint density at radius 3 is 2.43 bits per heavy atom. The van der Waals surface area contributed by atoms with Crippen molar-refractivity contribution in [1.29, 1.82) is 0 Å². The molecule has 0 aromatic heterocycles. The third kappa shape index (κ3) is 3.40. The van der Waals surface area contributed by atoms with Crippen molar-refractivity contribution in [1.82, 2.24) is 0 Å². The number of carbonyl (C=O) groups excluding carboxylic acids is 1. The fourth-order valence-corrected chi connectivity index (χ4v) is 2.32. The molecule has 1 N–H and O–H groups in total. The molecule has 0 radical (unpaired) electrons. The first-order valence-electron chi connectivity index (χ1n) is 7.05. The van der Waals surface area contributed by atoms with Gasteiger partial charge in [-0.15, -0.1) is 0 Å². The number of carboxylic acids is 1. The van der Waals surface area contributed by atoms with Gasteiger partial charge >= 0.3 is 11.9 Å². The van der Waals surface area contributed by atoms with Crippen LogP contribution in [0.1, 0.15) is 39.2 Å². The van der Waals surface area contributed by atoms with Crippen LogP contribution in [0, 0.1) is 11.7 Å². The van der Waals surface area contributed by atoms with E-state index in [1.165, 1.54) is 18.2 Å². The first-order chi connectivity index (χ1) is 9.90. The lowest BCUT2D eigenvalue weighted by Gasteiger charge is -2.30. The molecule has 0 amide bonds.